The van der Waals surface area contributed by atoms with Crippen molar-refractivity contribution in [3.8, 4) is 17.4 Å². The van der Waals surface area contributed by atoms with Gasteiger partial charge in [-0.3, -0.25) is 4.79 Å². The van der Waals surface area contributed by atoms with Crippen molar-refractivity contribution in [1.29, 1.82) is 0 Å². The molecule has 0 fully saturated rings. The average Bonchev–Trinajstić information content (AvgIpc) is 2.73. The highest BCUT2D eigenvalue weighted by Gasteiger charge is 2.35. The molecule has 0 saturated carbocycles. The highest BCUT2D eigenvalue weighted by molar-refractivity contribution is 7.89. The minimum atomic E-state index is -4.94. The van der Waals surface area contributed by atoms with Crippen LogP contribution in [0.15, 0.2) is 53.4 Å². The van der Waals surface area contributed by atoms with Crippen molar-refractivity contribution in [1.82, 2.24) is 10.2 Å². The van der Waals surface area contributed by atoms with E-state index in [0.717, 1.165) is 24.3 Å². The Balaban J connectivity index is 2.03. The van der Waals surface area contributed by atoms with Gasteiger partial charge in [-0.2, -0.15) is 13.2 Å². The van der Waals surface area contributed by atoms with Crippen molar-refractivity contribution in [2.45, 2.75) is 11.1 Å². The lowest BCUT2D eigenvalue weighted by molar-refractivity contribution is -0.141. The quantitative estimate of drug-likeness (QED) is 0.511. The molecule has 1 amide bonds. The molecule has 14 heteroatoms. The lowest BCUT2D eigenvalue weighted by atomic mass is 10.2. The number of hydrogen-bond donors (Lipinski definition) is 2. The van der Waals surface area contributed by atoms with Gasteiger partial charge >= 0.3 is 6.18 Å². The summed E-state index contributed by atoms with van der Waals surface area (Å²) in [4.78, 5) is 12.4. The molecule has 0 atom stereocenters. The van der Waals surface area contributed by atoms with E-state index in [-0.39, 0.29) is 22.1 Å². The zero-order valence-electron chi connectivity index (χ0n) is 16.6. The molecule has 1 aromatic heterocycles. The third-order valence-corrected chi connectivity index (χ3v) is 4.96. The number of alkyl halides is 3. The SMILES string of the molecule is COc1ccc(F)cc1Oc1nnc(C(F)(F)F)cc1C(=O)Nc1cccc(S(N)(=O)=O)c1. The second-order valence-electron chi connectivity index (χ2n) is 6.37. The first-order chi connectivity index (χ1) is 15.4. The lowest BCUT2D eigenvalue weighted by Crippen LogP contribution is -2.18. The molecule has 0 saturated heterocycles. The Labute approximate surface area is 184 Å². The molecule has 0 aliphatic carbocycles. The Bertz CT molecular complexity index is 1320. The second-order valence-corrected chi connectivity index (χ2v) is 7.93. The molecular formula is C19H14F4N4O5S. The van der Waals surface area contributed by atoms with Crippen LogP contribution < -0.4 is 19.9 Å². The van der Waals surface area contributed by atoms with Gasteiger partial charge in [-0.15, -0.1) is 10.2 Å². The van der Waals surface area contributed by atoms with Gasteiger partial charge in [0.2, 0.25) is 10.0 Å². The van der Waals surface area contributed by atoms with E-state index in [1.165, 1.54) is 25.3 Å². The van der Waals surface area contributed by atoms with Crippen LogP contribution in [0.25, 0.3) is 0 Å². The van der Waals surface area contributed by atoms with E-state index in [0.29, 0.717) is 6.07 Å². The summed E-state index contributed by atoms with van der Waals surface area (Å²) >= 11 is 0. The smallest absolute Gasteiger partial charge is 0.435 e. The molecule has 9 nitrogen and oxygen atoms in total. The fraction of sp³-hybridized carbons (Fsp3) is 0.105. The summed E-state index contributed by atoms with van der Waals surface area (Å²) in [5.74, 6) is -2.86. The fourth-order valence-corrected chi connectivity index (χ4v) is 3.10. The molecule has 0 bridgehead atoms. The van der Waals surface area contributed by atoms with Crippen LogP contribution in [0.1, 0.15) is 16.1 Å². The van der Waals surface area contributed by atoms with Crippen molar-refractivity contribution in [3.63, 3.8) is 0 Å². The van der Waals surface area contributed by atoms with Gasteiger partial charge in [-0.1, -0.05) is 6.07 Å². The maximum absolute atomic E-state index is 13.6. The van der Waals surface area contributed by atoms with Gasteiger partial charge in [0.1, 0.15) is 11.4 Å². The summed E-state index contributed by atoms with van der Waals surface area (Å²) in [5.41, 5.74) is -2.31. The van der Waals surface area contributed by atoms with Gasteiger partial charge in [-0.05, 0) is 36.4 Å². The molecule has 3 aromatic rings. The van der Waals surface area contributed by atoms with E-state index in [1.807, 2.05) is 0 Å². The number of aromatic nitrogens is 2. The van der Waals surface area contributed by atoms with Crippen LogP contribution in [0.3, 0.4) is 0 Å². The minimum Gasteiger partial charge on any atom is -0.493 e. The van der Waals surface area contributed by atoms with Crippen molar-refractivity contribution in [2.75, 3.05) is 12.4 Å². The zero-order chi connectivity index (χ0) is 24.4. The predicted molar refractivity (Wildman–Crippen MR) is 106 cm³/mol. The van der Waals surface area contributed by atoms with E-state index in [1.54, 1.807) is 0 Å². The van der Waals surface area contributed by atoms with Gasteiger partial charge in [0.25, 0.3) is 11.8 Å². The molecule has 33 heavy (non-hydrogen) atoms. The Morgan fingerprint density at radius 3 is 2.42 bits per heavy atom. The molecule has 0 unspecified atom stereocenters. The van der Waals surface area contributed by atoms with E-state index < -0.39 is 45.1 Å². The van der Waals surface area contributed by atoms with Crippen molar-refractivity contribution < 1.29 is 40.2 Å². The number of amides is 1. The number of carbonyl (C=O) groups excluding carboxylic acids is 1. The second kappa shape index (κ2) is 8.99. The van der Waals surface area contributed by atoms with Crippen molar-refractivity contribution >= 4 is 21.6 Å². The number of primary sulfonamides is 1. The molecule has 0 radical (unpaired) electrons. The molecule has 0 aliphatic rings. The summed E-state index contributed by atoms with van der Waals surface area (Å²) in [6, 6.07) is 8.20. The van der Waals surface area contributed by atoms with Gasteiger partial charge in [0, 0.05) is 11.8 Å². The Hall–Kier alpha value is -3.78. The first kappa shape index (κ1) is 23.9. The van der Waals surface area contributed by atoms with Gasteiger partial charge < -0.3 is 14.8 Å². The van der Waals surface area contributed by atoms with Crippen LogP contribution in [0.2, 0.25) is 0 Å². The number of nitrogens with two attached hydrogens (primary N) is 1. The third kappa shape index (κ3) is 5.72. The minimum absolute atomic E-state index is 0.00492. The number of nitrogens with zero attached hydrogens (tertiary/aromatic N) is 2. The summed E-state index contributed by atoms with van der Waals surface area (Å²) in [5, 5.41) is 13.6. The van der Waals surface area contributed by atoms with E-state index >= 15 is 0 Å². The Morgan fingerprint density at radius 2 is 1.79 bits per heavy atom. The van der Waals surface area contributed by atoms with E-state index in [2.05, 4.69) is 15.5 Å². The molecule has 3 rings (SSSR count). The number of ether oxygens (including phenoxy) is 2. The van der Waals surface area contributed by atoms with Crippen LogP contribution in [-0.2, 0) is 16.2 Å². The number of hydrogen-bond acceptors (Lipinski definition) is 7. The van der Waals surface area contributed by atoms with E-state index in [9.17, 15) is 30.8 Å². The Kier molecular flexibility index (Phi) is 6.51. The lowest BCUT2D eigenvalue weighted by Gasteiger charge is -2.14. The molecular weight excluding hydrogens is 472 g/mol. The molecule has 2 aromatic carbocycles. The number of halogens is 4. The fourth-order valence-electron chi connectivity index (χ4n) is 2.54. The molecule has 1 heterocycles. The Morgan fingerprint density at radius 1 is 1.06 bits per heavy atom. The molecule has 174 valence electrons. The largest absolute Gasteiger partial charge is 0.493 e. The topological polar surface area (TPSA) is 134 Å². The normalized spacial score (nSPS) is 11.7. The highest BCUT2D eigenvalue weighted by atomic mass is 32.2. The summed E-state index contributed by atoms with van der Waals surface area (Å²) in [6.07, 6.45) is -4.94. The van der Waals surface area contributed by atoms with Crippen molar-refractivity contribution in [2.24, 2.45) is 5.14 Å². The first-order valence-corrected chi connectivity index (χ1v) is 10.3. The maximum atomic E-state index is 13.6. The molecule has 0 spiro atoms. The molecule has 3 N–H and O–H groups in total. The number of carbonyl (C=O) groups is 1. The first-order valence-electron chi connectivity index (χ1n) is 8.79. The summed E-state index contributed by atoms with van der Waals surface area (Å²) in [6.45, 7) is 0. The van der Waals surface area contributed by atoms with Crippen molar-refractivity contribution in [3.05, 3.63) is 65.6 Å². The van der Waals surface area contributed by atoms with E-state index in [4.69, 9.17) is 14.6 Å². The van der Waals surface area contributed by atoms with Crippen LogP contribution in [0.4, 0.5) is 23.2 Å². The van der Waals surface area contributed by atoms with Gasteiger partial charge in [0.15, 0.2) is 17.2 Å². The summed E-state index contributed by atoms with van der Waals surface area (Å²) < 4.78 is 86.4. The van der Waals surface area contributed by atoms with Gasteiger partial charge in [0.05, 0.1) is 12.0 Å². The average molecular weight is 486 g/mol. The molecule has 0 aliphatic heterocycles. The maximum Gasteiger partial charge on any atom is 0.435 e. The van der Waals surface area contributed by atoms with Crippen LogP contribution in [-0.4, -0.2) is 31.6 Å². The zero-order valence-corrected chi connectivity index (χ0v) is 17.4. The standard InChI is InChI=1S/C19H14F4N4O5S/c1-31-14-6-5-10(20)7-15(14)32-18-13(9-16(26-27-18)19(21,22)23)17(28)25-11-3-2-4-12(8-11)33(24,29)30/h2-9H,1H3,(H,25,28)(H2,24,29,30). The summed E-state index contributed by atoms with van der Waals surface area (Å²) in [7, 11) is -2.87. The monoisotopic (exact) mass is 486 g/mol. The van der Waals surface area contributed by atoms with Crippen LogP contribution in [0, 0.1) is 5.82 Å². The van der Waals surface area contributed by atoms with Crippen LogP contribution in [0.5, 0.6) is 17.4 Å². The number of rotatable bonds is 6. The van der Waals surface area contributed by atoms with Gasteiger partial charge in [-0.25, -0.2) is 17.9 Å². The highest BCUT2D eigenvalue weighted by Crippen LogP contribution is 2.35. The third-order valence-electron chi connectivity index (χ3n) is 4.05. The number of nitrogens with one attached hydrogen (secondary N) is 1. The van der Waals surface area contributed by atoms with Crippen LogP contribution >= 0.6 is 0 Å². The number of anilines is 1. The predicted octanol–water partition coefficient (Wildman–Crippen LogP) is 3.34. The number of benzene rings is 2. The number of methoxy groups -OCH3 is 1. The number of sulfonamides is 1.